The van der Waals surface area contributed by atoms with Gasteiger partial charge in [0.1, 0.15) is 0 Å². The minimum absolute atomic E-state index is 0.0456. The maximum Gasteiger partial charge on any atom is 0.0901 e. The maximum absolute atomic E-state index is 10.3. The highest BCUT2D eigenvalue weighted by Gasteiger charge is 2.19. The lowest BCUT2D eigenvalue weighted by Crippen LogP contribution is -2.07. The van der Waals surface area contributed by atoms with Crippen LogP contribution in [0.5, 0.6) is 0 Å². The largest absolute Gasteiger partial charge is 0.387 e. The van der Waals surface area contributed by atoms with Crippen LogP contribution in [0.2, 0.25) is 0 Å². The second kappa shape index (κ2) is 5.10. The van der Waals surface area contributed by atoms with Gasteiger partial charge in [-0.1, -0.05) is 36.4 Å². The van der Waals surface area contributed by atoms with Crippen LogP contribution >= 0.6 is 11.3 Å². The molecule has 0 aliphatic heterocycles. The Morgan fingerprint density at radius 1 is 1.12 bits per heavy atom. The predicted molar refractivity (Wildman–Crippen MR) is 68.7 cm³/mol. The van der Waals surface area contributed by atoms with Crippen molar-refractivity contribution in [2.45, 2.75) is 12.0 Å². The monoisotopic (exact) mass is 230 g/mol. The first-order chi connectivity index (χ1) is 7.83. The Labute approximate surface area is 99.7 Å². The molecule has 0 saturated heterocycles. The van der Waals surface area contributed by atoms with Crippen molar-refractivity contribution in [1.29, 1.82) is 0 Å². The molecule has 82 valence electrons. The van der Waals surface area contributed by atoms with E-state index in [9.17, 15) is 5.11 Å². The van der Waals surface area contributed by atoms with Crippen molar-refractivity contribution in [3.8, 4) is 0 Å². The molecular formula is C14H14OS. The Kier molecular flexibility index (Phi) is 3.54. The van der Waals surface area contributed by atoms with Gasteiger partial charge < -0.3 is 5.11 Å². The van der Waals surface area contributed by atoms with Crippen molar-refractivity contribution in [3.63, 3.8) is 0 Å². The standard InChI is InChI=1S/C14H14OS/c1-2-13(11-6-4-3-5-7-11)14(15)12-8-9-16-10-12/h2-10,13-15H,1H2/t13-,14-/m1/s1. The third-order valence-electron chi connectivity index (χ3n) is 2.66. The molecule has 2 heteroatoms. The number of hydrogen-bond acceptors (Lipinski definition) is 2. The van der Waals surface area contributed by atoms with Gasteiger partial charge in [0.25, 0.3) is 0 Å². The van der Waals surface area contributed by atoms with Crippen LogP contribution in [0, 0.1) is 0 Å². The second-order valence-corrected chi connectivity index (χ2v) is 4.45. The highest BCUT2D eigenvalue weighted by molar-refractivity contribution is 7.07. The lowest BCUT2D eigenvalue weighted by molar-refractivity contribution is 0.162. The number of thiophene rings is 1. The summed E-state index contributed by atoms with van der Waals surface area (Å²) in [5.74, 6) is -0.0456. The lowest BCUT2D eigenvalue weighted by Gasteiger charge is -2.19. The number of hydrogen-bond donors (Lipinski definition) is 1. The molecule has 2 aromatic rings. The fourth-order valence-corrected chi connectivity index (χ4v) is 2.46. The SMILES string of the molecule is C=C[C@H](c1ccccc1)[C@H](O)c1ccsc1. The minimum atomic E-state index is -0.508. The van der Waals surface area contributed by atoms with Gasteiger partial charge in [-0.15, -0.1) is 6.58 Å². The van der Waals surface area contributed by atoms with Crippen LogP contribution in [-0.4, -0.2) is 5.11 Å². The summed E-state index contributed by atoms with van der Waals surface area (Å²) in [6, 6.07) is 11.9. The third kappa shape index (κ3) is 2.23. The molecular weight excluding hydrogens is 216 g/mol. The molecule has 2 atom stereocenters. The van der Waals surface area contributed by atoms with E-state index < -0.39 is 6.10 Å². The van der Waals surface area contributed by atoms with Crippen LogP contribution in [0.15, 0.2) is 59.8 Å². The lowest BCUT2D eigenvalue weighted by atomic mass is 9.90. The summed E-state index contributed by atoms with van der Waals surface area (Å²) >= 11 is 1.60. The zero-order valence-corrected chi connectivity index (χ0v) is 9.73. The highest BCUT2D eigenvalue weighted by Crippen LogP contribution is 2.32. The Morgan fingerprint density at radius 2 is 1.88 bits per heavy atom. The fraction of sp³-hybridized carbons (Fsp3) is 0.143. The predicted octanol–water partition coefficient (Wildman–Crippen LogP) is 3.75. The number of aliphatic hydroxyl groups excluding tert-OH is 1. The van der Waals surface area contributed by atoms with Crippen molar-refractivity contribution in [3.05, 3.63) is 70.9 Å². The van der Waals surface area contributed by atoms with E-state index in [-0.39, 0.29) is 5.92 Å². The zero-order chi connectivity index (χ0) is 11.4. The van der Waals surface area contributed by atoms with E-state index in [1.807, 2.05) is 47.2 Å². The molecule has 0 saturated carbocycles. The van der Waals surface area contributed by atoms with Gasteiger partial charge in [0.15, 0.2) is 0 Å². The quantitative estimate of drug-likeness (QED) is 0.793. The molecule has 0 unspecified atom stereocenters. The molecule has 1 aromatic carbocycles. The third-order valence-corrected chi connectivity index (χ3v) is 3.36. The highest BCUT2D eigenvalue weighted by atomic mass is 32.1. The second-order valence-electron chi connectivity index (χ2n) is 3.67. The average Bonchev–Trinajstić information content (AvgIpc) is 2.85. The Bertz CT molecular complexity index is 433. The smallest absolute Gasteiger partial charge is 0.0901 e. The molecule has 0 aliphatic rings. The van der Waals surface area contributed by atoms with Gasteiger partial charge in [-0.2, -0.15) is 11.3 Å². The van der Waals surface area contributed by atoms with Gasteiger partial charge in [0.2, 0.25) is 0 Å². The topological polar surface area (TPSA) is 20.2 Å². The van der Waals surface area contributed by atoms with E-state index in [1.54, 1.807) is 17.4 Å². The van der Waals surface area contributed by atoms with E-state index in [1.165, 1.54) is 0 Å². The van der Waals surface area contributed by atoms with Gasteiger partial charge in [0, 0.05) is 5.92 Å². The number of rotatable bonds is 4. The molecule has 0 spiro atoms. The van der Waals surface area contributed by atoms with Gasteiger partial charge in [-0.25, -0.2) is 0 Å². The molecule has 1 N–H and O–H groups in total. The van der Waals surface area contributed by atoms with E-state index >= 15 is 0 Å². The van der Waals surface area contributed by atoms with Gasteiger partial charge in [-0.3, -0.25) is 0 Å². The van der Waals surface area contributed by atoms with Crippen LogP contribution in [-0.2, 0) is 0 Å². The Balaban J connectivity index is 2.27. The molecule has 0 bridgehead atoms. The van der Waals surface area contributed by atoms with E-state index in [0.717, 1.165) is 11.1 Å². The van der Waals surface area contributed by atoms with Gasteiger partial charge in [-0.05, 0) is 28.0 Å². The summed E-state index contributed by atoms with van der Waals surface area (Å²) in [5, 5.41) is 14.2. The maximum atomic E-state index is 10.3. The summed E-state index contributed by atoms with van der Waals surface area (Å²) in [6.45, 7) is 3.81. The summed E-state index contributed by atoms with van der Waals surface area (Å²) in [7, 11) is 0. The molecule has 16 heavy (non-hydrogen) atoms. The van der Waals surface area contributed by atoms with E-state index in [2.05, 4.69) is 6.58 Å². The van der Waals surface area contributed by atoms with E-state index in [4.69, 9.17) is 0 Å². The van der Waals surface area contributed by atoms with Crippen LogP contribution < -0.4 is 0 Å². The summed E-state index contributed by atoms with van der Waals surface area (Å²) < 4.78 is 0. The van der Waals surface area contributed by atoms with Gasteiger partial charge >= 0.3 is 0 Å². The normalized spacial score (nSPS) is 14.3. The van der Waals surface area contributed by atoms with Crippen molar-refractivity contribution in [2.24, 2.45) is 0 Å². The molecule has 1 aromatic heterocycles. The van der Waals surface area contributed by atoms with Crippen LogP contribution in [0.25, 0.3) is 0 Å². The zero-order valence-electron chi connectivity index (χ0n) is 8.91. The molecule has 0 aliphatic carbocycles. The number of benzene rings is 1. The van der Waals surface area contributed by atoms with Gasteiger partial charge in [0.05, 0.1) is 6.10 Å². The van der Waals surface area contributed by atoms with Crippen molar-refractivity contribution in [1.82, 2.24) is 0 Å². The molecule has 2 rings (SSSR count). The molecule has 0 radical (unpaired) electrons. The van der Waals surface area contributed by atoms with Crippen molar-refractivity contribution in [2.75, 3.05) is 0 Å². The van der Waals surface area contributed by atoms with Crippen molar-refractivity contribution >= 4 is 11.3 Å². The molecule has 0 amide bonds. The summed E-state index contributed by atoms with van der Waals surface area (Å²) in [5.41, 5.74) is 2.05. The van der Waals surface area contributed by atoms with Crippen molar-refractivity contribution < 1.29 is 5.11 Å². The van der Waals surface area contributed by atoms with Crippen LogP contribution in [0.4, 0.5) is 0 Å². The fourth-order valence-electron chi connectivity index (χ4n) is 1.77. The van der Waals surface area contributed by atoms with Crippen LogP contribution in [0.3, 0.4) is 0 Å². The molecule has 1 nitrogen and oxygen atoms in total. The average molecular weight is 230 g/mol. The molecule has 0 fully saturated rings. The molecule has 1 heterocycles. The van der Waals surface area contributed by atoms with E-state index in [0.29, 0.717) is 0 Å². The summed E-state index contributed by atoms with van der Waals surface area (Å²) in [4.78, 5) is 0. The first-order valence-corrected chi connectivity index (χ1v) is 6.15. The summed E-state index contributed by atoms with van der Waals surface area (Å²) in [6.07, 6.45) is 1.30. The first kappa shape index (κ1) is 11.1. The Hall–Kier alpha value is -1.38. The minimum Gasteiger partial charge on any atom is -0.387 e. The van der Waals surface area contributed by atoms with Crippen LogP contribution in [0.1, 0.15) is 23.1 Å². The Morgan fingerprint density at radius 3 is 2.44 bits per heavy atom. The number of aliphatic hydroxyl groups is 1. The first-order valence-electron chi connectivity index (χ1n) is 5.20.